The van der Waals surface area contributed by atoms with Gasteiger partial charge in [-0.25, -0.2) is 8.42 Å². The zero-order valence-corrected chi connectivity index (χ0v) is 18.4. The van der Waals surface area contributed by atoms with Gasteiger partial charge in [-0.2, -0.15) is 17.5 Å². The van der Waals surface area contributed by atoms with Crippen molar-refractivity contribution < 1.29 is 35.9 Å². The third kappa shape index (κ3) is 4.92. The molecule has 1 unspecified atom stereocenters. The SMILES string of the molecule is CC(C(=O)Nc1ccc2c(c1)OCO2)N1CCN(S(=O)(=O)c2cccc(C(F)(F)F)c2)CC1. The lowest BCUT2D eigenvalue weighted by atomic mass is 10.2. The lowest BCUT2D eigenvalue weighted by Crippen LogP contribution is -2.53. The maximum atomic E-state index is 13.0. The number of amides is 1. The van der Waals surface area contributed by atoms with E-state index in [4.69, 9.17) is 9.47 Å². The Hall–Kier alpha value is -2.83. The summed E-state index contributed by atoms with van der Waals surface area (Å²) in [5, 5.41) is 2.80. The molecule has 0 spiro atoms. The number of ether oxygens (including phenoxy) is 2. The van der Waals surface area contributed by atoms with Crippen LogP contribution in [0.15, 0.2) is 47.4 Å². The quantitative estimate of drug-likeness (QED) is 0.701. The van der Waals surface area contributed by atoms with E-state index in [0.717, 1.165) is 22.5 Å². The van der Waals surface area contributed by atoms with Crippen LogP contribution in [0.5, 0.6) is 11.5 Å². The van der Waals surface area contributed by atoms with Gasteiger partial charge in [0.15, 0.2) is 11.5 Å². The van der Waals surface area contributed by atoms with Crippen LogP contribution in [0.2, 0.25) is 0 Å². The van der Waals surface area contributed by atoms with Crippen LogP contribution >= 0.6 is 0 Å². The van der Waals surface area contributed by atoms with Gasteiger partial charge in [-0.05, 0) is 37.3 Å². The molecule has 4 rings (SSSR count). The molecule has 1 atom stereocenters. The van der Waals surface area contributed by atoms with E-state index in [1.807, 2.05) is 4.90 Å². The van der Waals surface area contributed by atoms with Crippen molar-refractivity contribution in [2.45, 2.75) is 24.0 Å². The molecule has 1 saturated heterocycles. The average molecular weight is 485 g/mol. The predicted octanol–water partition coefficient (Wildman–Crippen LogP) is 2.77. The summed E-state index contributed by atoms with van der Waals surface area (Å²) in [7, 11) is -4.09. The molecule has 1 amide bonds. The number of alkyl halides is 3. The number of benzene rings is 2. The number of carbonyl (C=O) groups excluding carboxylic acids is 1. The summed E-state index contributed by atoms with van der Waals surface area (Å²) in [6.07, 6.45) is -4.63. The number of hydrogen-bond acceptors (Lipinski definition) is 6. The lowest BCUT2D eigenvalue weighted by Gasteiger charge is -2.36. The minimum atomic E-state index is -4.63. The molecule has 2 aliphatic heterocycles. The largest absolute Gasteiger partial charge is 0.454 e. The highest BCUT2D eigenvalue weighted by molar-refractivity contribution is 7.89. The van der Waals surface area contributed by atoms with Crippen molar-refractivity contribution in [1.29, 1.82) is 0 Å². The standard InChI is InChI=1S/C21H22F3N3O5S/c1-14(20(28)25-16-5-6-18-19(12-16)32-13-31-18)26-7-9-27(10-8-26)33(29,30)17-4-2-3-15(11-17)21(22,23)24/h2-6,11-12,14H,7-10,13H2,1H3,(H,25,28). The molecule has 1 N–H and O–H groups in total. The molecule has 0 aliphatic carbocycles. The molecule has 0 aromatic heterocycles. The number of carbonyl (C=O) groups is 1. The van der Waals surface area contributed by atoms with Crippen LogP contribution in [0.1, 0.15) is 12.5 Å². The van der Waals surface area contributed by atoms with E-state index < -0.39 is 32.7 Å². The fourth-order valence-electron chi connectivity index (χ4n) is 3.70. The van der Waals surface area contributed by atoms with Crippen molar-refractivity contribution >= 4 is 21.6 Å². The molecule has 1 fully saturated rings. The zero-order valence-electron chi connectivity index (χ0n) is 17.6. The maximum Gasteiger partial charge on any atom is 0.416 e. The molecule has 8 nitrogen and oxygen atoms in total. The van der Waals surface area contributed by atoms with E-state index in [-0.39, 0.29) is 38.9 Å². The Morgan fingerprint density at radius 2 is 1.73 bits per heavy atom. The van der Waals surface area contributed by atoms with Crippen molar-refractivity contribution in [1.82, 2.24) is 9.21 Å². The summed E-state index contributed by atoms with van der Waals surface area (Å²) in [6, 6.07) is 8.20. The first-order chi connectivity index (χ1) is 15.6. The first-order valence-electron chi connectivity index (χ1n) is 10.2. The second kappa shape index (κ2) is 8.84. The number of piperazine rings is 1. The van der Waals surface area contributed by atoms with Crippen molar-refractivity contribution in [2.75, 3.05) is 38.3 Å². The first kappa shape index (κ1) is 23.3. The molecule has 2 aliphatic rings. The molecule has 0 bridgehead atoms. The predicted molar refractivity (Wildman–Crippen MR) is 112 cm³/mol. The van der Waals surface area contributed by atoms with E-state index in [1.165, 1.54) is 0 Å². The molecular formula is C21H22F3N3O5S. The van der Waals surface area contributed by atoms with Crippen LogP contribution in [0.3, 0.4) is 0 Å². The van der Waals surface area contributed by atoms with Gasteiger partial charge in [0, 0.05) is 37.9 Å². The van der Waals surface area contributed by atoms with Gasteiger partial charge in [0.25, 0.3) is 0 Å². The van der Waals surface area contributed by atoms with Crippen LogP contribution in [0.25, 0.3) is 0 Å². The third-order valence-electron chi connectivity index (χ3n) is 5.64. The molecule has 33 heavy (non-hydrogen) atoms. The van der Waals surface area contributed by atoms with E-state index in [1.54, 1.807) is 25.1 Å². The van der Waals surface area contributed by atoms with E-state index >= 15 is 0 Å². The molecular weight excluding hydrogens is 463 g/mol. The van der Waals surface area contributed by atoms with Gasteiger partial charge in [0.2, 0.25) is 22.7 Å². The van der Waals surface area contributed by atoms with Gasteiger partial charge in [-0.15, -0.1) is 0 Å². The van der Waals surface area contributed by atoms with Crippen molar-refractivity contribution in [3.63, 3.8) is 0 Å². The van der Waals surface area contributed by atoms with E-state index in [2.05, 4.69) is 5.32 Å². The number of halogens is 3. The molecule has 0 radical (unpaired) electrons. The number of anilines is 1. The topological polar surface area (TPSA) is 88.2 Å². The molecule has 12 heteroatoms. The minimum Gasteiger partial charge on any atom is -0.454 e. The maximum absolute atomic E-state index is 13.0. The molecule has 2 heterocycles. The zero-order chi connectivity index (χ0) is 23.8. The highest BCUT2D eigenvalue weighted by Crippen LogP contribution is 2.34. The first-order valence-corrected chi connectivity index (χ1v) is 11.6. The number of nitrogens with one attached hydrogen (secondary N) is 1. The van der Waals surface area contributed by atoms with Gasteiger partial charge < -0.3 is 14.8 Å². The van der Waals surface area contributed by atoms with Gasteiger partial charge in [0.05, 0.1) is 16.5 Å². The highest BCUT2D eigenvalue weighted by atomic mass is 32.2. The summed E-state index contributed by atoms with van der Waals surface area (Å²) in [4.78, 5) is 14.1. The van der Waals surface area contributed by atoms with Crippen LogP contribution < -0.4 is 14.8 Å². The number of hydrogen-bond donors (Lipinski definition) is 1. The van der Waals surface area contributed by atoms with Crippen LogP contribution in [-0.4, -0.2) is 62.5 Å². The summed E-state index contributed by atoms with van der Waals surface area (Å²) in [5.41, 5.74) is -0.474. The van der Waals surface area contributed by atoms with Crippen LogP contribution in [0.4, 0.5) is 18.9 Å². The van der Waals surface area contributed by atoms with Gasteiger partial charge in [-0.1, -0.05) is 6.07 Å². The number of sulfonamides is 1. The number of fused-ring (bicyclic) bond motifs is 1. The molecule has 2 aromatic carbocycles. The molecule has 2 aromatic rings. The number of nitrogens with zero attached hydrogens (tertiary/aromatic N) is 2. The fourth-order valence-corrected chi connectivity index (χ4v) is 5.17. The summed E-state index contributed by atoms with van der Waals surface area (Å²) < 4.78 is 76.3. The lowest BCUT2D eigenvalue weighted by molar-refractivity contribution is -0.137. The highest BCUT2D eigenvalue weighted by Gasteiger charge is 2.35. The van der Waals surface area contributed by atoms with Crippen molar-refractivity contribution in [3.05, 3.63) is 48.0 Å². The Balaban J connectivity index is 1.37. The van der Waals surface area contributed by atoms with Crippen molar-refractivity contribution in [2.24, 2.45) is 0 Å². The summed E-state index contributed by atoms with van der Waals surface area (Å²) in [6.45, 7) is 2.46. The minimum absolute atomic E-state index is 0.0558. The fraction of sp³-hybridized carbons (Fsp3) is 0.381. The average Bonchev–Trinajstić information content (AvgIpc) is 3.26. The van der Waals surface area contributed by atoms with Crippen LogP contribution in [0, 0.1) is 0 Å². The van der Waals surface area contributed by atoms with Crippen LogP contribution in [-0.2, 0) is 21.0 Å². The molecule has 178 valence electrons. The Morgan fingerprint density at radius 3 is 2.42 bits per heavy atom. The molecule has 0 saturated carbocycles. The monoisotopic (exact) mass is 485 g/mol. The van der Waals surface area contributed by atoms with Gasteiger partial charge in [0.1, 0.15) is 0 Å². The third-order valence-corrected chi connectivity index (χ3v) is 7.53. The summed E-state index contributed by atoms with van der Waals surface area (Å²) >= 11 is 0. The smallest absolute Gasteiger partial charge is 0.416 e. The van der Waals surface area contributed by atoms with Gasteiger partial charge >= 0.3 is 6.18 Å². The second-order valence-corrected chi connectivity index (χ2v) is 9.64. The Morgan fingerprint density at radius 1 is 1.03 bits per heavy atom. The summed E-state index contributed by atoms with van der Waals surface area (Å²) in [5.74, 6) is 0.857. The Labute approximate surface area is 188 Å². The number of rotatable bonds is 5. The van der Waals surface area contributed by atoms with E-state index in [9.17, 15) is 26.4 Å². The van der Waals surface area contributed by atoms with Gasteiger partial charge in [-0.3, -0.25) is 9.69 Å². The Kier molecular flexibility index (Phi) is 6.25. The second-order valence-electron chi connectivity index (χ2n) is 7.70. The van der Waals surface area contributed by atoms with Crippen molar-refractivity contribution in [3.8, 4) is 11.5 Å². The Bertz CT molecular complexity index is 1150. The van der Waals surface area contributed by atoms with E-state index in [0.29, 0.717) is 23.3 Å². The normalized spacial score (nSPS) is 18.2.